The average Bonchev–Trinajstić information content (AvgIpc) is 3.20. The number of fused-ring (bicyclic) bond motifs is 1. The van der Waals surface area contributed by atoms with E-state index >= 15 is 0 Å². The van der Waals surface area contributed by atoms with Crippen LogP contribution in [0, 0.1) is 0 Å². The smallest absolute Gasteiger partial charge is 0.404 e. The Bertz CT molecular complexity index is 1070. The zero-order chi connectivity index (χ0) is 29.5. The number of benzene rings is 1. The van der Waals surface area contributed by atoms with Crippen molar-refractivity contribution in [2.45, 2.75) is 18.9 Å². The first-order valence-electron chi connectivity index (χ1n) is 13.3. The van der Waals surface area contributed by atoms with E-state index in [1.54, 1.807) is 18.2 Å². The van der Waals surface area contributed by atoms with Gasteiger partial charge in [-0.25, -0.2) is 4.79 Å². The number of rotatable bonds is 20. The Morgan fingerprint density at radius 3 is 1.95 bits per heavy atom. The highest BCUT2D eigenvalue weighted by Gasteiger charge is 2.45. The first-order chi connectivity index (χ1) is 19.9. The number of imide groups is 2. The number of carbonyl (C=O) groups excluding carboxylic acids is 4. The van der Waals surface area contributed by atoms with Gasteiger partial charge in [-0.1, -0.05) is 6.07 Å². The molecule has 15 heteroatoms. The number of nitrogens with one attached hydrogen (secondary N) is 3. The van der Waals surface area contributed by atoms with Gasteiger partial charge in [0, 0.05) is 25.2 Å². The third-order valence-corrected chi connectivity index (χ3v) is 6.04. The molecular formula is C26H36N4O11. The Kier molecular flexibility index (Phi) is 13.4. The van der Waals surface area contributed by atoms with Crippen molar-refractivity contribution in [1.82, 2.24) is 15.5 Å². The molecule has 0 radical (unpaired) electrons. The Morgan fingerprint density at radius 1 is 0.829 bits per heavy atom. The van der Waals surface area contributed by atoms with Crippen molar-refractivity contribution in [3.05, 3.63) is 29.3 Å². The van der Waals surface area contributed by atoms with E-state index in [1.807, 2.05) is 0 Å². The van der Waals surface area contributed by atoms with Crippen LogP contribution in [-0.4, -0.2) is 125 Å². The first-order valence-corrected chi connectivity index (χ1v) is 13.3. The molecular weight excluding hydrogens is 544 g/mol. The maximum atomic E-state index is 13.1. The molecule has 1 aromatic rings. The van der Waals surface area contributed by atoms with Crippen LogP contribution in [0.5, 0.6) is 0 Å². The number of carbonyl (C=O) groups is 5. The number of anilines is 1. The maximum Gasteiger partial charge on any atom is 0.404 e. The van der Waals surface area contributed by atoms with Crippen LogP contribution in [0.15, 0.2) is 18.2 Å². The van der Waals surface area contributed by atoms with Gasteiger partial charge >= 0.3 is 6.09 Å². The minimum Gasteiger partial charge on any atom is -0.465 e. The van der Waals surface area contributed by atoms with E-state index in [1.165, 1.54) is 0 Å². The average molecular weight is 581 g/mol. The van der Waals surface area contributed by atoms with Crippen molar-refractivity contribution in [3.63, 3.8) is 0 Å². The summed E-state index contributed by atoms with van der Waals surface area (Å²) >= 11 is 0. The SMILES string of the molecule is O=C(O)NCCOCCOCCOCCOCCOCCNc1cccc2c1C(=O)N(C1CCC(=O)NC1=O)C2=O. The summed E-state index contributed by atoms with van der Waals surface area (Å²) in [4.78, 5) is 60.8. The standard InChI is InChI=1S/C26H36N4O11/c31-21-5-4-20(23(32)29-21)30-24(33)18-2-1-3-19(22(18)25(30)34)27-6-8-37-10-12-39-14-16-41-17-15-40-13-11-38-9-7-28-26(35)36/h1-3,20,27-28H,4-17H2,(H,35,36)(H,29,31,32). The normalized spacial score (nSPS) is 16.6. The molecule has 0 aromatic heterocycles. The Labute approximate surface area is 236 Å². The predicted molar refractivity (Wildman–Crippen MR) is 142 cm³/mol. The van der Waals surface area contributed by atoms with E-state index in [-0.39, 0.29) is 37.1 Å². The molecule has 0 spiro atoms. The Morgan fingerprint density at radius 2 is 1.39 bits per heavy atom. The van der Waals surface area contributed by atoms with Gasteiger partial charge in [0.05, 0.1) is 77.2 Å². The number of amides is 5. The van der Waals surface area contributed by atoms with E-state index in [9.17, 15) is 24.0 Å². The molecule has 0 saturated carbocycles. The monoisotopic (exact) mass is 580 g/mol. The summed E-state index contributed by atoms with van der Waals surface area (Å²) in [5.41, 5.74) is 0.886. The zero-order valence-corrected chi connectivity index (χ0v) is 22.7. The minimum atomic E-state index is -1.08. The predicted octanol–water partition coefficient (Wildman–Crippen LogP) is -0.150. The fraction of sp³-hybridized carbons (Fsp3) is 0.577. The highest BCUT2D eigenvalue weighted by atomic mass is 16.6. The van der Waals surface area contributed by atoms with Crippen molar-refractivity contribution in [3.8, 4) is 0 Å². The van der Waals surface area contributed by atoms with Crippen LogP contribution >= 0.6 is 0 Å². The van der Waals surface area contributed by atoms with E-state index < -0.39 is 35.8 Å². The molecule has 2 aliphatic rings. The van der Waals surface area contributed by atoms with E-state index in [4.69, 9.17) is 28.8 Å². The number of hydrogen-bond acceptors (Lipinski definition) is 11. The molecule has 0 bridgehead atoms. The van der Waals surface area contributed by atoms with Gasteiger partial charge in [-0.15, -0.1) is 0 Å². The second kappa shape index (κ2) is 17.2. The molecule has 2 aliphatic heterocycles. The molecule has 1 atom stereocenters. The third-order valence-electron chi connectivity index (χ3n) is 6.04. The van der Waals surface area contributed by atoms with Crippen molar-refractivity contribution >= 4 is 35.4 Å². The van der Waals surface area contributed by atoms with Crippen LogP contribution < -0.4 is 16.0 Å². The molecule has 1 aromatic carbocycles. The summed E-state index contributed by atoms with van der Waals surface area (Å²) in [5, 5.41) is 15.9. The van der Waals surface area contributed by atoms with Gasteiger partial charge in [0.2, 0.25) is 11.8 Å². The minimum absolute atomic E-state index is 0.0631. The second-order valence-corrected chi connectivity index (χ2v) is 8.90. The molecule has 0 aliphatic carbocycles. The molecule has 1 saturated heterocycles. The fourth-order valence-corrected chi connectivity index (χ4v) is 4.13. The topological polar surface area (TPSA) is 191 Å². The van der Waals surface area contributed by atoms with Gasteiger partial charge in [-0.05, 0) is 18.6 Å². The van der Waals surface area contributed by atoms with Gasteiger partial charge in [-0.2, -0.15) is 0 Å². The summed E-state index contributed by atoms with van der Waals surface area (Å²) in [6, 6.07) is 3.87. The lowest BCUT2D eigenvalue weighted by molar-refractivity contribution is -0.136. The Balaban J connectivity index is 1.20. The molecule has 3 rings (SSSR count). The van der Waals surface area contributed by atoms with E-state index in [0.717, 1.165) is 4.90 Å². The van der Waals surface area contributed by atoms with Gasteiger partial charge in [0.1, 0.15) is 6.04 Å². The summed E-state index contributed by atoms with van der Waals surface area (Å²) in [7, 11) is 0. The van der Waals surface area contributed by atoms with E-state index in [2.05, 4.69) is 16.0 Å². The fourth-order valence-electron chi connectivity index (χ4n) is 4.13. The molecule has 4 N–H and O–H groups in total. The molecule has 1 fully saturated rings. The number of hydrogen-bond donors (Lipinski definition) is 4. The van der Waals surface area contributed by atoms with Gasteiger partial charge in [-0.3, -0.25) is 29.4 Å². The highest BCUT2D eigenvalue weighted by molar-refractivity contribution is 6.25. The molecule has 226 valence electrons. The quantitative estimate of drug-likeness (QED) is 0.118. The summed E-state index contributed by atoms with van der Waals surface area (Å²) in [6.07, 6.45) is -0.918. The molecule has 5 amide bonds. The van der Waals surface area contributed by atoms with Crippen molar-refractivity contribution in [1.29, 1.82) is 0 Å². The highest BCUT2D eigenvalue weighted by Crippen LogP contribution is 2.32. The Hall–Kier alpha value is -3.63. The van der Waals surface area contributed by atoms with Crippen LogP contribution in [0.25, 0.3) is 0 Å². The largest absolute Gasteiger partial charge is 0.465 e. The third kappa shape index (κ3) is 10.1. The number of piperidine rings is 1. The van der Waals surface area contributed by atoms with Crippen LogP contribution in [-0.2, 0) is 33.3 Å². The van der Waals surface area contributed by atoms with Gasteiger partial charge < -0.3 is 39.4 Å². The van der Waals surface area contributed by atoms with Gasteiger partial charge in [0.25, 0.3) is 11.8 Å². The van der Waals surface area contributed by atoms with Crippen molar-refractivity contribution in [2.75, 3.05) is 84.5 Å². The molecule has 2 heterocycles. The first kappa shape index (κ1) is 31.9. The summed E-state index contributed by atoms with van der Waals surface area (Å²) in [6.45, 7) is 4.36. The lowest BCUT2D eigenvalue weighted by Crippen LogP contribution is -2.54. The second-order valence-electron chi connectivity index (χ2n) is 8.90. The van der Waals surface area contributed by atoms with E-state index in [0.29, 0.717) is 71.7 Å². The summed E-state index contributed by atoms with van der Waals surface area (Å²) < 4.78 is 26.9. The van der Waals surface area contributed by atoms with Crippen LogP contribution in [0.4, 0.5) is 10.5 Å². The van der Waals surface area contributed by atoms with Crippen molar-refractivity contribution in [2.24, 2.45) is 0 Å². The lowest BCUT2D eigenvalue weighted by Gasteiger charge is -2.27. The van der Waals surface area contributed by atoms with Crippen LogP contribution in [0.1, 0.15) is 33.6 Å². The van der Waals surface area contributed by atoms with Crippen LogP contribution in [0.2, 0.25) is 0 Å². The number of carboxylic acid groups (broad SMARTS) is 1. The number of nitrogens with zero attached hydrogens (tertiary/aromatic N) is 1. The lowest BCUT2D eigenvalue weighted by atomic mass is 10.0. The molecule has 41 heavy (non-hydrogen) atoms. The summed E-state index contributed by atoms with van der Waals surface area (Å²) in [5.74, 6) is -2.19. The van der Waals surface area contributed by atoms with Gasteiger partial charge in [0.15, 0.2) is 0 Å². The van der Waals surface area contributed by atoms with Crippen LogP contribution in [0.3, 0.4) is 0 Å². The zero-order valence-electron chi connectivity index (χ0n) is 22.7. The number of ether oxygens (including phenoxy) is 5. The van der Waals surface area contributed by atoms with Crippen molar-refractivity contribution < 1.29 is 52.8 Å². The molecule has 15 nitrogen and oxygen atoms in total. The maximum absolute atomic E-state index is 13.1. The molecule has 1 unspecified atom stereocenters.